The average Bonchev–Trinajstić information content (AvgIpc) is 2.56. The van der Waals surface area contributed by atoms with Crippen LogP contribution >= 0.6 is 23.1 Å². The largest absolute Gasteiger partial charge is 0.297 e. The molecule has 1 aliphatic rings. The summed E-state index contributed by atoms with van der Waals surface area (Å²) in [7, 11) is 0. The molecule has 0 aliphatic heterocycles. The van der Waals surface area contributed by atoms with Gasteiger partial charge in [-0.25, -0.2) is 0 Å². The van der Waals surface area contributed by atoms with Gasteiger partial charge in [0.2, 0.25) is 0 Å². The minimum atomic E-state index is 0.971. The highest BCUT2D eigenvalue weighted by Crippen LogP contribution is 2.38. The summed E-state index contributed by atoms with van der Waals surface area (Å²) in [5, 5.41) is 0. The van der Waals surface area contributed by atoms with Gasteiger partial charge in [0.1, 0.15) is 0 Å². The second-order valence-corrected chi connectivity index (χ2v) is 5.37. The van der Waals surface area contributed by atoms with E-state index in [4.69, 9.17) is 0 Å². The normalized spacial score (nSPS) is 15.5. The second kappa shape index (κ2) is 3.84. The molecule has 0 radical (unpaired) electrons. The quantitative estimate of drug-likeness (QED) is 0.553. The zero-order valence-corrected chi connectivity index (χ0v) is 9.26. The number of thioether (sulfide) groups is 1. The van der Waals surface area contributed by atoms with Crippen molar-refractivity contribution in [3.63, 3.8) is 0 Å². The van der Waals surface area contributed by atoms with Crippen molar-refractivity contribution in [3.05, 3.63) is 16.0 Å². The van der Waals surface area contributed by atoms with E-state index in [9.17, 15) is 4.79 Å². The average molecular weight is 212 g/mol. The van der Waals surface area contributed by atoms with E-state index < -0.39 is 0 Å². The Morgan fingerprint density at radius 1 is 1.31 bits per heavy atom. The predicted molar refractivity (Wildman–Crippen MR) is 58.1 cm³/mol. The van der Waals surface area contributed by atoms with Crippen LogP contribution in [-0.2, 0) is 12.8 Å². The number of rotatable bonds is 2. The van der Waals surface area contributed by atoms with Crippen LogP contribution in [0.2, 0.25) is 0 Å². The van der Waals surface area contributed by atoms with Crippen molar-refractivity contribution in [2.24, 2.45) is 0 Å². The zero-order chi connectivity index (χ0) is 9.26. The third kappa shape index (κ3) is 1.55. The monoisotopic (exact) mass is 212 g/mol. The molecule has 0 N–H and O–H groups in total. The van der Waals surface area contributed by atoms with E-state index in [1.165, 1.54) is 34.6 Å². The number of fused-ring (bicyclic) bond motifs is 1. The summed E-state index contributed by atoms with van der Waals surface area (Å²) in [5.74, 6) is 0. The lowest BCUT2D eigenvalue weighted by Crippen LogP contribution is -2.01. The molecule has 1 aliphatic carbocycles. The predicted octanol–water partition coefficient (Wildman–Crippen LogP) is 3.16. The van der Waals surface area contributed by atoms with E-state index >= 15 is 0 Å². The van der Waals surface area contributed by atoms with Crippen LogP contribution in [0, 0.1) is 0 Å². The van der Waals surface area contributed by atoms with Gasteiger partial charge in [-0.1, -0.05) is 0 Å². The van der Waals surface area contributed by atoms with Crippen molar-refractivity contribution < 1.29 is 4.79 Å². The van der Waals surface area contributed by atoms with E-state index in [2.05, 4.69) is 6.26 Å². The Hall–Kier alpha value is -0.280. The lowest BCUT2D eigenvalue weighted by Gasteiger charge is -2.12. The summed E-state index contributed by atoms with van der Waals surface area (Å²) in [6, 6.07) is 0. The maximum atomic E-state index is 10.8. The van der Waals surface area contributed by atoms with Gasteiger partial charge in [-0.15, -0.1) is 23.1 Å². The lowest BCUT2D eigenvalue weighted by molar-refractivity contribution is 0.112. The van der Waals surface area contributed by atoms with Gasteiger partial charge in [-0.05, 0) is 43.1 Å². The van der Waals surface area contributed by atoms with E-state index in [-0.39, 0.29) is 0 Å². The van der Waals surface area contributed by atoms with E-state index in [1.54, 1.807) is 23.1 Å². The fraction of sp³-hybridized carbons (Fsp3) is 0.500. The van der Waals surface area contributed by atoms with Crippen molar-refractivity contribution in [2.45, 2.75) is 29.9 Å². The van der Waals surface area contributed by atoms with Gasteiger partial charge in [0.25, 0.3) is 0 Å². The van der Waals surface area contributed by atoms with Gasteiger partial charge in [-0.2, -0.15) is 0 Å². The number of aldehydes is 1. The van der Waals surface area contributed by atoms with Crippen LogP contribution in [0.3, 0.4) is 0 Å². The SMILES string of the molecule is CSc1sc(C=O)c2c1CCCC2. The van der Waals surface area contributed by atoms with Gasteiger partial charge >= 0.3 is 0 Å². The molecule has 0 aromatic carbocycles. The fourth-order valence-electron chi connectivity index (χ4n) is 1.89. The van der Waals surface area contributed by atoms with Crippen LogP contribution in [0.25, 0.3) is 0 Å². The fourth-order valence-corrected chi connectivity index (χ4v) is 3.90. The first-order valence-electron chi connectivity index (χ1n) is 4.50. The van der Waals surface area contributed by atoms with Crippen molar-refractivity contribution in [3.8, 4) is 0 Å². The number of carbonyl (C=O) groups excluding carboxylic acids is 1. The zero-order valence-electron chi connectivity index (χ0n) is 7.63. The van der Waals surface area contributed by atoms with Gasteiger partial charge in [0.15, 0.2) is 6.29 Å². The first-order valence-corrected chi connectivity index (χ1v) is 6.54. The molecule has 0 spiro atoms. The maximum absolute atomic E-state index is 10.8. The van der Waals surface area contributed by atoms with Crippen LogP contribution in [0.1, 0.15) is 33.6 Å². The molecule has 0 bridgehead atoms. The topological polar surface area (TPSA) is 17.1 Å². The van der Waals surface area contributed by atoms with Crippen LogP contribution in [0.4, 0.5) is 0 Å². The Bertz CT molecular complexity index is 328. The smallest absolute Gasteiger partial charge is 0.160 e. The summed E-state index contributed by atoms with van der Waals surface area (Å²) < 4.78 is 1.36. The minimum Gasteiger partial charge on any atom is -0.297 e. The Kier molecular flexibility index (Phi) is 2.74. The summed E-state index contributed by atoms with van der Waals surface area (Å²) in [6.45, 7) is 0. The second-order valence-electron chi connectivity index (χ2n) is 3.24. The Morgan fingerprint density at radius 2 is 2.00 bits per heavy atom. The van der Waals surface area contributed by atoms with E-state index in [0.29, 0.717) is 0 Å². The molecule has 1 nitrogen and oxygen atoms in total. The Labute approximate surface area is 86.5 Å². The third-order valence-electron chi connectivity index (χ3n) is 2.51. The van der Waals surface area contributed by atoms with Crippen LogP contribution in [0.5, 0.6) is 0 Å². The molecule has 1 heterocycles. The standard InChI is InChI=1S/C10H12OS2/c1-12-10-8-5-3-2-4-7(8)9(6-11)13-10/h6H,2-5H2,1H3. The van der Waals surface area contributed by atoms with Crippen molar-refractivity contribution >= 4 is 29.4 Å². The first-order chi connectivity index (χ1) is 6.36. The van der Waals surface area contributed by atoms with Crippen LogP contribution in [-0.4, -0.2) is 12.5 Å². The molecule has 1 aromatic rings. The summed E-state index contributed by atoms with van der Waals surface area (Å²) in [5.41, 5.74) is 2.81. The summed E-state index contributed by atoms with van der Waals surface area (Å²) in [6.07, 6.45) is 7.94. The van der Waals surface area contributed by atoms with Crippen molar-refractivity contribution in [1.29, 1.82) is 0 Å². The molecule has 70 valence electrons. The number of carbonyl (C=O) groups is 1. The summed E-state index contributed by atoms with van der Waals surface area (Å²) in [4.78, 5) is 11.8. The molecule has 0 saturated heterocycles. The van der Waals surface area contributed by atoms with Gasteiger partial charge in [-0.3, -0.25) is 4.79 Å². The van der Waals surface area contributed by atoms with E-state index in [1.807, 2.05) is 0 Å². The molecule has 3 heteroatoms. The minimum absolute atomic E-state index is 0.971. The number of thiophene rings is 1. The van der Waals surface area contributed by atoms with Gasteiger partial charge < -0.3 is 0 Å². The van der Waals surface area contributed by atoms with E-state index in [0.717, 1.165) is 17.6 Å². The molecule has 13 heavy (non-hydrogen) atoms. The highest BCUT2D eigenvalue weighted by atomic mass is 32.2. The molecular weight excluding hydrogens is 200 g/mol. The Morgan fingerprint density at radius 3 is 2.62 bits per heavy atom. The molecule has 1 aromatic heterocycles. The van der Waals surface area contributed by atoms with Crippen LogP contribution < -0.4 is 0 Å². The summed E-state index contributed by atoms with van der Waals surface area (Å²) >= 11 is 3.45. The third-order valence-corrected chi connectivity index (χ3v) is 4.87. The van der Waals surface area contributed by atoms with Crippen molar-refractivity contribution in [1.82, 2.24) is 0 Å². The number of hydrogen-bond acceptors (Lipinski definition) is 3. The maximum Gasteiger partial charge on any atom is 0.160 e. The molecule has 0 fully saturated rings. The highest BCUT2D eigenvalue weighted by molar-refractivity contribution is 8.00. The van der Waals surface area contributed by atoms with Crippen molar-refractivity contribution in [2.75, 3.05) is 6.26 Å². The molecule has 0 amide bonds. The molecular formula is C10H12OS2. The molecule has 0 unspecified atom stereocenters. The Balaban J connectivity index is 2.50. The molecule has 0 saturated carbocycles. The van der Waals surface area contributed by atoms with Gasteiger partial charge in [0, 0.05) is 0 Å². The molecule has 0 atom stereocenters. The highest BCUT2D eigenvalue weighted by Gasteiger charge is 2.19. The first kappa shape index (κ1) is 9.28. The number of hydrogen-bond donors (Lipinski definition) is 0. The molecule has 2 rings (SSSR count). The lowest BCUT2D eigenvalue weighted by atomic mass is 9.94. The van der Waals surface area contributed by atoms with Crippen LogP contribution in [0.15, 0.2) is 4.21 Å². The van der Waals surface area contributed by atoms with Gasteiger partial charge in [0.05, 0.1) is 9.09 Å².